The van der Waals surface area contributed by atoms with Crippen molar-refractivity contribution in [3.63, 3.8) is 0 Å². The van der Waals surface area contributed by atoms with E-state index in [9.17, 15) is 9.90 Å². The normalized spacial score (nSPS) is 12.2. The van der Waals surface area contributed by atoms with Crippen LogP contribution >= 0.6 is 0 Å². The lowest BCUT2D eigenvalue weighted by molar-refractivity contribution is -0.131. The molecular formula is C10H12NO2. The first-order valence-corrected chi connectivity index (χ1v) is 4.17. The number of amides is 1. The molecule has 1 rings (SSSR count). The first-order chi connectivity index (χ1) is 6.20. The van der Waals surface area contributed by atoms with Gasteiger partial charge in [-0.2, -0.15) is 0 Å². The monoisotopic (exact) mass is 178 g/mol. The van der Waals surface area contributed by atoms with Crippen molar-refractivity contribution in [2.45, 2.75) is 19.6 Å². The van der Waals surface area contributed by atoms with Crippen LogP contribution in [-0.2, 0) is 16.4 Å². The minimum atomic E-state index is -1.19. The summed E-state index contributed by atoms with van der Waals surface area (Å²) < 4.78 is 0. The number of benzene rings is 1. The van der Waals surface area contributed by atoms with E-state index in [4.69, 9.17) is 0 Å². The molecule has 13 heavy (non-hydrogen) atoms. The molecule has 0 aliphatic rings. The van der Waals surface area contributed by atoms with Gasteiger partial charge < -0.3 is 5.32 Å². The zero-order chi connectivity index (χ0) is 9.68. The van der Waals surface area contributed by atoms with Crippen LogP contribution in [0.1, 0.15) is 12.5 Å². The second-order valence-electron chi connectivity index (χ2n) is 2.85. The first-order valence-electron chi connectivity index (χ1n) is 4.17. The van der Waals surface area contributed by atoms with Crippen LogP contribution in [0.3, 0.4) is 0 Å². The predicted octanol–water partition coefficient (Wildman–Crippen LogP) is 1.12. The SMILES string of the molecule is CC([O])C(=O)NCc1ccccc1. The fourth-order valence-electron chi connectivity index (χ4n) is 0.929. The molecule has 1 unspecified atom stereocenters. The van der Waals surface area contributed by atoms with Crippen LogP contribution in [0, 0.1) is 0 Å². The fourth-order valence-corrected chi connectivity index (χ4v) is 0.929. The van der Waals surface area contributed by atoms with Crippen LogP contribution in [0.2, 0.25) is 0 Å². The highest BCUT2D eigenvalue weighted by Crippen LogP contribution is 1.97. The van der Waals surface area contributed by atoms with Crippen LogP contribution in [0.5, 0.6) is 0 Å². The molecule has 0 heterocycles. The van der Waals surface area contributed by atoms with Crippen molar-refractivity contribution in [3.8, 4) is 0 Å². The lowest BCUT2D eigenvalue weighted by Gasteiger charge is -2.05. The highest BCUT2D eigenvalue weighted by Gasteiger charge is 2.08. The number of nitrogens with one attached hydrogen (secondary N) is 1. The minimum absolute atomic E-state index is 0.423. The van der Waals surface area contributed by atoms with Gasteiger partial charge in [-0.1, -0.05) is 30.3 Å². The average molecular weight is 178 g/mol. The molecule has 3 nitrogen and oxygen atoms in total. The van der Waals surface area contributed by atoms with Gasteiger partial charge in [0, 0.05) is 6.54 Å². The van der Waals surface area contributed by atoms with Gasteiger partial charge in [0.15, 0.2) is 6.10 Å². The third-order valence-corrected chi connectivity index (χ3v) is 1.68. The molecule has 3 heteroatoms. The average Bonchev–Trinajstić information content (AvgIpc) is 2.15. The molecule has 0 saturated heterocycles. The lowest BCUT2D eigenvalue weighted by Crippen LogP contribution is -2.31. The maximum Gasteiger partial charge on any atom is 0.252 e. The fraction of sp³-hybridized carbons (Fsp3) is 0.300. The molecule has 1 N–H and O–H groups in total. The quantitative estimate of drug-likeness (QED) is 0.740. The van der Waals surface area contributed by atoms with Gasteiger partial charge in [0.25, 0.3) is 5.91 Å². The highest BCUT2D eigenvalue weighted by atomic mass is 16.3. The van der Waals surface area contributed by atoms with Gasteiger partial charge in [0.1, 0.15) is 0 Å². The van der Waals surface area contributed by atoms with Gasteiger partial charge in [-0.05, 0) is 12.5 Å². The summed E-state index contributed by atoms with van der Waals surface area (Å²) >= 11 is 0. The Labute approximate surface area is 77.4 Å². The van der Waals surface area contributed by atoms with Crippen LogP contribution < -0.4 is 5.32 Å². The summed E-state index contributed by atoms with van der Waals surface area (Å²) in [5.74, 6) is -0.455. The van der Waals surface area contributed by atoms with Gasteiger partial charge in [-0.15, -0.1) is 0 Å². The van der Waals surface area contributed by atoms with E-state index in [0.29, 0.717) is 6.54 Å². The van der Waals surface area contributed by atoms with Crippen LogP contribution in [0.25, 0.3) is 0 Å². The summed E-state index contributed by atoms with van der Waals surface area (Å²) in [6.07, 6.45) is -1.19. The van der Waals surface area contributed by atoms with E-state index < -0.39 is 12.0 Å². The number of hydrogen-bond donors (Lipinski definition) is 1. The zero-order valence-corrected chi connectivity index (χ0v) is 7.49. The summed E-state index contributed by atoms with van der Waals surface area (Å²) in [7, 11) is 0. The molecule has 0 aromatic heterocycles. The molecule has 0 spiro atoms. The smallest absolute Gasteiger partial charge is 0.252 e. The van der Waals surface area contributed by atoms with E-state index in [1.54, 1.807) is 0 Å². The van der Waals surface area contributed by atoms with Crippen molar-refractivity contribution in [3.05, 3.63) is 35.9 Å². The Bertz CT molecular complexity index is 270. The predicted molar refractivity (Wildman–Crippen MR) is 48.4 cm³/mol. The summed E-state index contributed by atoms with van der Waals surface area (Å²) in [6, 6.07) is 9.48. The molecule has 1 aromatic carbocycles. The van der Waals surface area contributed by atoms with E-state index in [1.165, 1.54) is 6.92 Å². The molecule has 1 atom stereocenters. The lowest BCUT2D eigenvalue weighted by atomic mass is 10.2. The van der Waals surface area contributed by atoms with E-state index in [-0.39, 0.29) is 0 Å². The van der Waals surface area contributed by atoms with Crippen molar-refractivity contribution in [1.82, 2.24) is 5.32 Å². The maximum absolute atomic E-state index is 10.9. The number of hydrogen-bond acceptors (Lipinski definition) is 1. The van der Waals surface area contributed by atoms with Gasteiger partial charge in [-0.25, -0.2) is 5.11 Å². The van der Waals surface area contributed by atoms with Crippen LogP contribution in [0.4, 0.5) is 0 Å². The Kier molecular flexibility index (Phi) is 3.46. The van der Waals surface area contributed by atoms with E-state index in [2.05, 4.69) is 5.32 Å². The van der Waals surface area contributed by atoms with E-state index in [1.807, 2.05) is 30.3 Å². The zero-order valence-electron chi connectivity index (χ0n) is 7.49. The Morgan fingerprint density at radius 2 is 2.00 bits per heavy atom. The number of rotatable bonds is 3. The molecule has 0 aliphatic heterocycles. The Balaban J connectivity index is 2.40. The third kappa shape index (κ3) is 3.25. The standard InChI is InChI=1S/C10H12NO2/c1-8(12)10(13)11-7-9-5-3-2-4-6-9/h2-6,8H,7H2,1H3,(H,11,13). The van der Waals surface area contributed by atoms with Crippen molar-refractivity contribution >= 4 is 5.91 Å². The topological polar surface area (TPSA) is 49.0 Å². The second-order valence-corrected chi connectivity index (χ2v) is 2.85. The Hall–Kier alpha value is -1.35. The minimum Gasteiger partial charge on any atom is -0.350 e. The van der Waals surface area contributed by atoms with Crippen LogP contribution in [0.15, 0.2) is 30.3 Å². The van der Waals surface area contributed by atoms with E-state index in [0.717, 1.165) is 5.56 Å². The number of carbonyl (C=O) groups is 1. The van der Waals surface area contributed by atoms with Crippen molar-refractivity contribution in [2.24, 2.45) is 0 Å². The van der Waals surface area contributed by atoms with E-state index >= 15 is 0 Å². The summed E-state index contributed by atoms with van der Waals surface area (Å²) in [6.45, 7) is 1.76. The molecule has 0 saturated carbocycles. The van der Waals surface area contributed by atoms with Gasteiger partial charge >= 0.3 is 0 Å². The summed E-state index contributed by atoms with van der Waals surface area (Å²) in [5, 5.41) is 13.2. The molecule has 0 bridgehead atoms. The molecule has 0 aliphatic carbocycles. The summed E-state index contributed by atoms with van der Waals surface area (Å²) in [4.78, 5) is 10.9. The van der Waals surface area contributed by atoms with Gasteiger partial charge in [0.2, 0.25) is 0 Å². The molecule has 0 fully saturated rings. The molecule has 1 aromatic rings. The van der Waals surface area contributed by atoms with Crippen molar-refractivity contribution in [2.75, 3.05) is 0 Å². The first kappa shape index (κ1) is 9.74. The molecular weight excluding hydrogens is 166 g/mol. The van der Waals surface area contributed by atoms with Crippen LogP contribution in [-0.4, -0.2) is 12.0 Å². The van der Waals surface area contributed by atoms with Crippen molar-refractivity contribution < 1.29 is 9.90 Å². The highest BCUT2D eigenvalue weighted by molar-refractivity contribution is 5.79. The largest absolute Gasteiger partial charge is 0.350 e. The van der Waals surface area contributed by atoms with Crippen molar-refractivity contribution in [1.29, 1.82) is 0 Å². The third-order valence-electron chi connectivity index (χ3n) is 1.68. The van der Waals surface area contributed by atoms with Gasteiger partial charge in [-0.3, -0.25) is 4.79 Å². The Morgan fingerprint density at radius 3 is 2.54 bits per heavy atom. The number of carbonyl (C=O) groups excluding carboxylic acids is 1. The molecule has 1 amide bonds. The summed E-state index contributed by atoms with van der Waals surface area (Å²) in [5.41, 5.74) is 0.997. The molecule has 69 valence electrons. The second kappa shape index (κ2) is 4.62. The Morgan fingerprint density at radius 1 is 1.38 bits per heavy atom. The van der Waals surface area contributed by atoms with Gasteiger partial charge in [0.05, 0.1) is 0 Å². The maximum atomic E-state index is 10.9. The molecule has 1 radical (unpaired) electrons.